The Hall–Kier alpha value is -0.570. The third-order valence-corrected chi connectivity index (χ3v) is 7.95. The molecule has 0 radical (unpaired) electrons. The monoisotopic (exact) mass is 361 g/mol. The molecule has 0 spiro atoms. The van der Waals surface area contributed by atoms with Crippen LogP contribution in [-0.2, 0) is 9.53 Å². The molecule has 1 N–H and O–H groups in total. The number of hydrogen-bond donors (Lipinski definition) is 1. The molecule has 5 aliphatic rings. The highest BCUT2D eigenvalue weighted by Gasteiger charge is 2.70. The number of nitrogens with one attached hydrogen (secondary N) is 1. The third kappa shape index (κ3) is 4.13. The minimum atomic E-state index is 0.137. The molecule has 0 aromatic heterocycles. The van der Waals surface area contributed by atoms with Crippen LogP contribution in [0.1, 0.15) is 109 Å². The average molecular weight is 362 g/mol. The van der Waals surface area contributed by atoms with E-state index in [4.69, 9.17) is 4.74 Å². The summed E-state index contributed by atoms with van der Waals surface area (Å²) in [4.78, 5) is 12.4. The van der Waals surface area contributed by atoms with Gasteiger partial charge >= 0.3 is 0 Å². The van der Waals surface area contributed by atoms with E-state index in [9.17, 15) is 4.79 Å². The second-order valence-electron chi connectivity index (χ2n) is 10.0. The maximum Gasteiger partial charge on any atom is 0.246 e. The first-order chi connectivity index (χ1) is 12.7. The van der Waals surface area contributed by atoms with E-state index in [1.54, 1.807) is 0 Å². The van der Waals surface area contributed by atoms with E-state index >= 15 is 0 Å². The van der Waals surface area contributed by atoms with Crippen molar-refractivity contribution in [3.05, 3.63) is 0 Å². The molecule has 5 rings (SSSR count). The lowest BCUT2D eigenvalue weighted by Crippen LogP contribution is -2.76. The summed E-state index contributed by atoms with van der Waals surface area (Å²) >= 11 is 0. The third-order valence-electron chi connectivity index (χ3n) is 7.95. The van der Waals surface area contributed by atoms with Gasteiger partial charge in [-0.3, -0.25) is 4.79 Å². The first-order valence-electron chi connectivity index (χ1n) is 11.6. The highest BCUT2D eigenvalue weighted by Crippen LogP contribution is 2.72. The Balaban J connectivity index is 1.17. The van der Waals surface area contributed by atoms with Gasteiger partial charge < -0.3 is 10.1 Å². The average Bonchev–Trinajstić information content (AvgIpc) is 2.49. The number of carbonyl (C=O) groups excluding carboxylic acids is 1. The summed E-state index contributed by atoms with van der Waals surface area (Å²) in [7, 11) is 0. The summed E-state index contributed by atoms with van der Waals surface area (Å²) in [6.45, 7) is 0.281. The Morgan fingerprint density at radius 3 is 1.85 bits per heavy atom. The highest BCUT2D eigenvalue weighted by atomic mass is 16.5. The van der Waals surface area contributed by atoms with Crippen LogP contribution in [0.5, 0.6) is 0 Å². The lowest BCUT2D eigenvalue weighted by Gasteiger charge is -2.73. The number of carbonyl (C=O) groups is 1. The van der Waals surface area contributed by atoms with Crippen LogP contribution in [0.15, 0.2) is 0 Å². The molecule has 5 saturated carbocycles. The Labute approximate surface area is 160 Å². The minimum absolute atomic E-state index is 0.137. The molecule has 3 nitrogen and oxygen atoms in total. The van der Waals surface area contributed by atoms with Crippen molar-refractivity contribution in [2.45, 2.75) is 121 Å². The Morgan fingerprint density at radius 2 is 1.27 bits per heavy atom. The lowest BCUT2D eigenvalue weighted by atomic mass is 9.35. The molecule has 5 aliphatic carbocycles. The van der Waals surface area contributed by atoms with Crippen molar-refractivity contribution in [2.75, 3.05) is 6.61 Å². The summed E-state index contributed by atoms with van der Waals surface area (Å²) < 4.78 is 5.97. The summed E-state index contributed by atoms with van der Waals surface area (Å²) in [5.41, 5.74) is 0.759. The zero-order chi connectivity index (χ0) is 17.9. The van der Waals surface area contributed by atoms with Crippen LogP contribution in [0, 0.1) is 11.3 Å². The fraction of sp³-hybridized carbons (Fsp3) is 0.957. The van der Waals surface area contributed by atoms with Gasteiger partial charge in [-0.15, -0.1) is 0 Å². The van der Waals surface area contributed by atoms with E-state index in [1.165, 1.54) is 96.3 Å². The van der Waals surface area contributed by atoms with Gasteiger partial charge in [0.05, 0.1) is 6.10 Å². The van der Waals surface area contributed by atoms with Gasteiger partial charge in [0.2, 0.25) is 5.91 Å². The molecule has 3 heteroatoms. The summed E-state index contributed by atoms with van der Waals surface area (Å²) in [6.07, 6.45) is 23.0. The van der Waals surface area contributed by atoms with Crippen molar-refractivity contribution in [3.8, 4) is 0 Å². The van der Waals surface area contributed by atoms with E-state index in [2.05, 4.69) is 5.32 Å². The summed E-state index contributed by atoms with van der Waals surface area (Å²) in [6, 6.07) is 0. The van der Waals surface area contributed by atoms with Crippen LogP contribution in [0.2, 0.25) is 0 Å². The fourth-order valence-corrected chi connectivity index (χ4v) is 6.61. The van der Waals surface area contributed by atoms with Gasteiger partial charge in [0.25, 0.3) is 0 Å². The van der Waals surface area contributed by atoms with Gasteiger partial charge in [0.15, 0.2) is 0 Å². The zero-order valence-electron chi connectivity index (χ0n) is 16.7. The van der Waals surface area contributed by atoms with Gasteiger partial charge in [-0.1, -0.05) is 64.2 Å². The first-order valence-corrected chi connectivity index (χ1v) is 11.6. The molecule has 148 valence electrons. The Morgan fingerprint density at radius 1 is 0.769 bits per heavy atom. The molecule has 0 unspecified atom stereocenters. The smallest absolute Gasteiger partial charge is 0.246 e. The van der Waals surface area contributed by atoms with Gasteiger partial charge in [-0.2, -0.15) is 0 Å². The van der Waals surface area contributed by atoms with Crippen molar-refractivity contribution in [1.29, 1.82) is 0 Å². The first kappa shape index (κ1) is 18.8. The van der Waals surface area contributed by atoms with Crippen LogP contribution in [0.4, 0.5) is 0 Å². The molecular weight excluding hydrogens is 322 g/mol. The standard InChI is InChI=1S/C23H39NO2/c25-21(15-26-20-13-9-5-2-6-10-14-20)24-23-16-22(17-23,18-23)19-11-7-3-1-4-8-12-19/h19-20H,1-18H2,(H,24,25). The summed E-state index contributed by atoms with van der Waals surface area (Å²) in [5.74, 6) is 1.07. The molecule has 5 fully saturated rings. The van der Waals surface area contributed by atoms with Crippen LogP contribution in [0.3, 0.4) is 0 Å². The molecule has 0 aromatic rings. The van der Waals surface area contributed by atoms with Crippen LogP contribution < -0.4 is 5.32 Å². The zero-order valence-corrected chi connectivity index (χ0v) is 16.7. The van der Waals surface area contributed by atoms with Crippen LogP contribution in [0.25, 0.3) is 0 Å². The van der Waals surface area contributed by atoms with Gasteiger partial charge in [-0.25, -0.2) is 0 Å². The molecule has 0 saturated heterocycles. The SMILES string of the molecule is O=C(COC1CCCCCCC1)NC12CC(C3CCCCCCC3)(C1)C2. The largest absolute Gasteiger partial charge is 0.368 e. The van der Waals surface area contributed by atoms with E-state index < -0.39 is 0 Å². The van der Waals surface area contributed by atoms with E-state index in [0.29, 0.717) is 11.5 Å². The molecule has 1 amide bonds. The number of hydrogen-bond acceptors (Lipinski definition) is 2. The predicted octanol–water partition coefficient (Wildman–Crippen LogP) is 5.52. The summed E-state index contributed by atoms with van der Waals surface area (Å²) in [5, 5.41) is 3.35. The quantitative estimate of drug-likeness (QED) is 0.700. The van der Waals surface area contributed by atoms with Crippen LogP contribution >= 0.6 is 0 Å². The van der Waals surface area contributed by atoms with Gasteiger partial charge in [-0.05, 0) is 56.3 Å². The molecular formula is C23H39NO2. The molecule has 0 aliphatic heterocycles. The van der Waals surface area contributed by atoms with Crippen molar-refractivity contribution in [2.24, 2.45) is 11.3 Å². The minimum Gasteiger partial charge on any atom is -0.368 e. The molecule has 0 aromatic carbocycles. The number of ether oxygens (including phenoxy) is 1. The molecule has 0 heterocycles. The second-order valence-corrected chi connectivity index (χ2v) is 10.0. The predicted molar refractivity (Wildman–Crippen MR) is 105 cm³/mol. The van der Waals surface area contributed by atoms with Gasteiger partial charge in [0.1, 0.15) is 6.61 Å². The Bertz CT molecular complexity index is 453. The molecule has 26 heavy (non-hydrogen) atoms. The lowest BCUT2D eigenvalue weighted by molar-refractivity contribution is -0.199. The second kappa shape index (κ2) is 8.20. The normalized spacial score (nSPS) is 36.6. The van der Waals surface area contributed by atoms with Crippen molar-refractivity contribution < 1.29 is 9.53 Å². The number of rotatable bonds is 5. The Kier molecular flexibility index (Phi) is 5.93. The molecule has 0 atom stereocenters. The maximum atomic E-state index is 12.4. The van der Waals surface area contributed by atoms with E-state index in [-0.39, 0.29) is 18.1 Å². The topological polar surface area (TPSA) is 38.3 Å². The van der Waals surface area contributed by atoms with Crippen molar-refractivity contribution in [3.63, 3.8) is 0 Å². The maximum absolute atomic E-state index is 12.4. The highest BCUT2D eigenvalue weighted by molar-refractivity contribution is 5.78. The van der Waals surface area contributed by atoms with Crippen molar-refractivity contribution in [1.82, 2.24) is 5.32 Å². The van der Waals surface area contributed by atoms with Crippen LogP contribution in [-0.4, -0.2) is 24.2 Å². The van der Waals surface area contributed by atoms with E-state index in [0.717, 1.165) is 18.8 Å². The number of amides is 1. The van der Waals surface area contributed by atoms with Gasteiger partial charge in [0, 0.05) is 5.54 Å². The fourth-order valence-electron chi connectivity index (χ4n) is 6.61. The van der Waals surface area contributed by atoms with Crippen molar-refractivity contribution >= 4 is 5.91 Å². The molecule has 2 bridgehead atoms. The van der Waals surface area contributed by atoms with E-state index in [1.807, 2.05) is 0 Å².